The number of para-hydroxylation sites is 1. The first kappa shape index (κ1) is 23.1. The Morgan fingerprint density at radius 3 is 2.71 bits per heavy atom. The van der Waals surface area contributed by atoms with E-state index in [9.17, 15) is 14.0 Å². The number of carbonyl (C=O) groups excluding carboxylic acids is 2. The molecule has 2 aromatic carbocycles. The summed E-state index contributed by atoms with van der Waals surface area (Å²) in [6, 6.07) is 15.3. The second-order valence-electron chi connectivity index (χ2n) is 7.54. The van der Waals surface area contributed by atoms with Gasteiger partial charge in [-0.05, 0) is 30.3 Å². The summed E-state index contributed by atoms with van der Waals surface area (Å²) in [5.74, 6) is -1.05. The van der Waals surface area contributed by atoms with E-state index in [2.05, 4.69) is 15.6 Å². The van der Waals surface area contributed by atoms with E-state index in [0.717, 1.165) is 0 Å². The molecule has 0 fully saturated rings. The maximum Gasteiger partial charge on any atom is 0.247 e. The van der Waals surface area contributed by atoms with E-state index in [-0.39, 0.29) is 31.8 Å². The van der Waals surface area contributed by atoms with Crippen LogP contribution in [0.25, 0.3) is 11.0 Å². The smallest absolute Gasteiger partial charge is 0.247 e. The van der Waals surface area contributed by atoms with Crippen LogP contribution in [0.2, 0.25) is 0 Å². The molecule has 0 unspecified atom stereocenters. The number of ether oxygens (including phenoxy) is 1. The molecular formula is C24H24FN5O4. The summed E-state index contributed by atoms with van der Waals surface area (Å²) in [5, 5.41) is 10.9. The van der Waals surface area contributed by atoms with Gasteiger partial charge in [0.1, 0.15) is 29.7 Å². The Morgan fingerprint density at radius 1 is 1.15 bits per heavy atom. The van der Waals surface area contributed by atoms with Crippen molar-refractivity contribution in [1.82, 2.24) is 25.2 Å². The largest absolute Gasteiger partial charge is 0.467 e. The Morgan fingerprint density at radius 2 is 1.94 bits per heavy atom. The van der Waals surface area contributed by atoms with Gasteiger partial charge in [-0.1, -0.05) is 35.5 Å². The topological polar surface area (TPSA) is 102 Å². The van der Waals surface area contributed by atoms with Crippen molar-refractivity contribution < 1.29 is 23.1 Å². The molecule has 9 nitrogen and oxygen atoms in total. The molecule has 0 saturated carbocycles. The van der Waals surface area contributed by atoms with Crippen molar-refractivity contribution in [3.8, 4) is 0 Å². The first-order chi connectivity index (χ1) is 16.6. The third-order valence-electron chi connectivity index (χ3n) is 5.34. The number of fused-ring (bicyclic) bond motifs is 1. The molecule has 1 atom stereocenters. The van der Waals surface area contributed by atoms with Crippen molar-refractivity contribution in [3.63, 3.8) is 0 Å². The highest BCUT2D eigenvalue weighted by Gasteiger charge is 2.33. The highest BCUT2D eigenvalue weighted by Crippen LogP contribution is 2.25. The third-order valence-corrected chi connectivity index (χ3v) is 5.34. The van der Waals surface area contributed by atoms with Crippen LogP contribution in [0.4, 0.5) is 4.39 Å². The van der Waals surface area contributed by atoms with Crippen LogP contribution >= 0.6 is 0 Å². The number of methoxy groups -OCH3 is 1. The van der Waals surface area contributed by atoms with Crippen LogP contribution in [0.15, 0.2) is 71.3 Å². The number of rotatable bonds is 10. The Hall–Kier alpha value is -4.05. The summed E-state index contributed by atoms with van der Waals surface area (Å²) < 4.78 is 26.7. The molecule has 2 aromatic heterocycles. The van der Waals surface area contributed by atoms with E-state index in [4.69, 9.17) is 9.15 Å². The van der Waals surface area contributed by atoms with Gasteiger partial charge in [0.05, 0.1) is 24.9 Å². The average molecular weight is 465 g/mol. The predicted molar refractivity (Wildman–Crippen MR) is 121 cm³/mol. The molecular weight excluding hydrogens is 441 g/mol. The molecule has 4 rings (SSSR count). The lowest BCUT2D eigenvalue weighted by molar-refractivity contribution is -0.142. The first-order valence-corrected chi connectivity index (χ1v) is 10.7. The molecule has 0 radical (unpaired) electrons. The molecule has 176 valence electrons. The molecule has 2 heterocycles. The van der Waals surface area contributed by atoms with E-state index >= 15 is 0 Å². The molecule has 1 N–H and O–H groups in total. The average Bonchev–Trinajstić information content (AvgIpc) is 3.51. The van der Waals surface area contributed by atoms with Crippen molar-refractivity contribution >= 4 is 22.8 Å². The number of hydrogen-bond donors (Lipinski definition) is 1. The van der Waals surface area contributed by atoms with Crippen molar-refractivity contribution in [2.24, 2.45) is 0 Å². The SMILES string of the molecule is COCCN(C(=O)Cn1nnc2ccccc21)[C@@H](C(=O)NCc1ccco1)c1ccccc1F. The molecule has 0 aliphatic heterocycles. The van der Waals surface area contributed by atoms with Gasteiger partial charge in [-0.15, -0.1) is 5.10 Å². The van der Waals surface area contributed by atoms with Crippen LogP contribution in [0, 0.1) is 5.82 Å². The van der Waals surface area contributed by atoms with Crippen LogP contribution in [-0.4, -0.2) is 52.0 Å². The number of halogens is 1. The lowest BCUT2D eigenvalue weighted by Gasteiger charge is -2.31. The number of nitrogens with one attached hydrogen (secondary N) is 1. The van der Waals surface area contributed by atoms with E-state index in [1.807, 2.05) is 12.1 Å². The molecule has 4 aromatic rings. The third kappa shape index (κ3) is 5.12. The predicted octanol–water partition coefficient (Wildman–Crippen LogP) is 2.70. The summed E-state index contributed by atoms with van der Waals surface area (Å²) in [4.78, 5) is 28.1. The number of aromatic nitrogens is 3. The second kappa shape index (κ2) is 10.7. The molecule has 0 spiro atoms. The normalized spacial score (nSPS) is 11.9. The number of nitrogens with zero attached hydrogens (tertiary/aromatic N) is 4. The van der Waals surface area contributed by atoms with E-state index < -0.39 is 23.7 Å². The Kier molecular flexibility index (Phi) is 7.28. The fourth-order valence-electron chi connectivity index (χ4n) is 3.67. The van der Waals surface area contributed by atoms with Gasteiger partial charge in [-0.25, -0.2) is 9.07 Å². The quantitative estimate of drug-likeness (QED) is 0.386. The molecule has 0 aliphatic carbocycles. The van der Waals surface area contributed by atoms with Crippen LogP contribution in [0.3, 0.4) is 0 Å². The van der Waals surface area contributed by atoms with Gasteiger partial charge in [-0.3, -0.25) is 9.59 Å². The van der Waals surface area contributed by atoms with Crippen molar-refractivity contribution in [1.29, 1.82) is 0 Å². The maximum absolute atomic E-state index is 14.8. The summed E-state index contributed by atoms with van der Waals surface area (Å²) >= 11 is 0. The number of amides is 2. The van der Waals surface area contributed by atoms with E-state index in [1.165, 1.54) is 41.2 Å². The number of hydrogen-bond acceptors (Lipinski definition) is 6. The van der Waals surface area contributed by atoms with Gasteiger partial charge in [0.15, 0.2) is 0 Å². The van der Waals surface area contributed by atoms with Gasteiger partial charge >= 0.3 is 0 Å². The minimum Gasteiger partial charge on any atom is -0.467 e. The number of benzene rings is 2. The van der Waals surface area contributed by atoms with Crippen LogP contribution in [0.1, 0.15) is 17.4 Å². The lowest BCUT2D eigenvalue weighted by atomic mass is 10.0. The minimum atomic E-state index is -1.23. The Balaban J connectivity index is 1.65. The standard InChI is InChI=1S/C24H24FN5O4/c1-33-14-12-29(22(31)16-30-21-11-5-4-10-20(21)27-28-30)23(18-8-2-3-9-19(18)25)24(32)26-15-17-7-6-13-34-17/h2-11,13,23H,12,14-16H2,1H3,(H,26,32)/t23-/m1/s1. The second-order valence-corrected chi connectivity index (χ2v) is 7.54. The van der Waals surface area contributed by atoms with Gasteiger partial charge < -0.3 is 19.4 Å². The zero-order chi connectivity index (χ0) is 23.9. The summed E-state index contributed by atoms with van der Waals surface area (Å²) in [6.45, 7) is 0.132. The van der Waals surface area contributed by atoms with Crippen LogP contribution in [-0.2, 0) is 27.4 Å². The van der Waals surface area contributed by atoms with Crippen LogP contribution in [0.5, 0.6) is 0 Å². The summed E-state index contributed by atoms with van der Waals surface area (Å²) in [5.41, 5.74) is 1.39. The Labute approximate surface area is 195 Å². The van der Waals surface area contributed by atoms with Gasteiger partial charge in [0, 0.05) is 19.2 Å². The van der Waals surface area contributed by atoms with Crippen molar-refractivity contribution in [2.45, 2.75) is 19.1 Å². The number of furan rings is 1. The summed E-state index contributed by atoms with van der Waals surface area (Å²) in [6.07, 6.45) is 1.49. The van der Waals surface area contributed by atoms with Crippen molar-refractivity contribution in [3.05, 3.63) is 84.1 Å². The molecule has 0 saturated heterocycles. The fraction of sp³-hybridized carbons (Fsp3) is 0.250. The molecule has 34 heavy (non-hydrogen) atoms. The highest BCUT2D eigenvalue weighted by molar-refractivity contribution is 5.89. The molecule has 10 heteroatoms. The van der Waals surface area contributed by atoms with Crippen LogP contribution < -0.4 is 5.32 Å². The molecule has 2 amide bonds. The van der Waals surface area contributed by atoms with E-state index in [1.54, 1.807) is 30.3 Å². The Bertz CT molecular complexity index is 1260. The fourth-order valence-corrected chi connectivity index (χ4v) is 3.67. The first-order valence-electron chi connectivity index (χ1n) is 10.7. The van der Waals surface area contributed by atoms with E-state index in [0.29, 0.717) is 16.8 Å². The lowest BCUT2D eigenvalue weighted by Crippen LogP contribution is -2.46. The minimum absolute atomic E-state index is 0.0646. The maximum atomic E-state index is 14.8. The van der Waals surface area contributed by atoms with Gasteiger partial charge in [0.25, 0.3) is 0 Å². The number of carbonyl (C=O) groups is 2. The zero-order valence-corrected chi connectivity index (χ0v) is 18.6. The van der Waals surface area contributed by atoms with Gasteiger partial charge in [-0.2, -0.15) is 0 Å². The van der Waals surface area contributed by atoms with Crippen molar-refractivity contribution in [2.75, 3.05) is 20.3 Å². The summed E-state index contributed by atoms with van der Waals surface area (Å²) in [7, 11) is 1.49. The zero-order valence-electron chi connectivity index (χ0n) is 18.6. The van der Waals surface area contributed by atoms with Gasteiger partial charge in [0.2, 0.25) is 11.8 Å². The highest BCUT2D eigenvalue weighted by atomic mass is 19.1. The molecule has 0 aliphatic rings. The monoisotopic (exact) mass is 465 g/mol. The molecule has 0 bridgehead atoms.